The third-order valence-corrected chi connectivity index (χ3v) is 2.93. The summed E-state index contributed by atoms with van der Waals surface area (Å²) in [6.07, 6.45) is -0.212. The highest BCUT2D eigenvalue weighted by Crippen LogP contribution is 2.14. The van der Waals surface area contributed by atoms with Gasteiger partial charge in [0.05, 0.1) is 13.5 Å². The fraction of sp³-hybridized carbons (Fsp3) is 0.125. The summed E-state index contributed by atoms with van der Waals surface area (Å²) in [6, 6.07) is 13.4. The van der Waals surface area contributed by atoms with Gasteiger partial charge in [0.25, 0.3) is 0 Å². The van der Waals surface area contributed by atoms with Crippen LogP contribution in [0.15, 0.2) is 48.5 Å². The molecule has 21 heavy (non-hydrogen) atoms. The van der Waals surface area contributed by atoms with E-state index in [4.69, 9.17) is 10.5 Å². The van der Waals surface area contributed by atoms with Gasteiger partial charge in [0.1, 0.15) is 5.75 Å². The second-order valence-corrected chi connectivity index (χ2v) is 4.50. The Hall–Kier alpha value is -2.82. The Morgan fingerprint density at radius 1 is 1.05 bits per heavy atom. The van der Waals surface area contributed by atoms with E-state index in [0.29, 0.717) is 22.7 Å². The number of Topliss-reactive ketones (excluding diaryl/α,β-unsaturated/α-hetero) is 1. The lowest BCUT2D eigenvalue weighted by Crippen LogP contribution is -2.16. The van der Waals surface area contributed by atoms with Crippen molar-refractivity contribution in [2.45, 2.75) is 6.42 Å². The number of benzene rings is 2. The third-order valence-electron chi connectivity index (χ3n) is 2.93. The van der Waals surface area contributed by atoms with Crippen LogP contribution in [-0.2, 0) is 4.79 Å². The van der Waals surface area contributed by atoms with Gasteiger partial charge in [0.15, 0.2) is 5.78 Å². The van der Waals surface area contributed by atoms with Crippen molar-refractivity contribution in [3.8, 4) is 5.75 Å². The molecule has 0 radical (unpaired) electrons. The summed E-state index contributed by atoms with van der Waals surface area (Å²) < 4.78 is 5.02. The predicted octanol–water partition coefficient (Wildman–Crippen LogP) is 2.49. The van der Waals surface area contributed by atoms with Crippen molar-refractivity contribution in [1.29, 1.82) is 0 Å². The molecule has 0 saturated carbocycles. The van der Waals surface area contributed by atoms with Gasteiger partial charge in [-0.2, -0.15) is 0 Å². The number of amides is 1. The van der Waals surface area contributed by atoms with Gasteiger partial charge < -0.3 is 15.8 Å². The molecule has 0 aromatic heterocycles. The van der Waals surface area contributed by atoms with Crippen molar-refractivity contribution < 1.29 is 14.3 Å². The number of hydrogen-bond acceptors (Lipinski definition) is 4. The third kappa shape index (κ3) is 4.07. The van der Waals surface area contributed by atoms with Crippen molar-refractivity contribution in [2.24, 2.45) is 0 Å². The molecule has 2 rings (SSSR count). The standard InChI is InChI=1S/C16H16N2O3/c1-21-14-8-2-11(3-9-14)15(19)10-16(20)18-13-6-4-12(17)5-7-13/h2-9H,10,17H2,1H3,(H,18,20). The first-order chi connectivity index (χ1) is 10.1. The van der Waals surface area contributed by atoms with E-state index in [1.807, 2.05) is 0 Å². The Bertz CT molecular complexity index is 634. The van der Waals surface area contributed by atoms with Crippen LogP contribution in [0.4, 0.5) is 11.4 Å². The van der Waals surface area contributed by atoms with Gasteiger partial charge in [-0.1, -0.05) is 0 Å². The molecule has 0 spiro atoms. The van der Waals surface area contributed by atoms with E-state index in [1.54, 1.807) is 55.6 Å². The first-order valence-corrected chi connectivity index (χ1v) is 6.41. The second kappa shape index (κ2) is 6.56. The van der Waals surface area contributed by atoms with Crippen molar-refractivity contribution in [2.75, 3.05) is 18.2 Å². The van der Waals surface area contributed by atoms with Gasteiger partial charge in [-0.3, -0.25) is 9.59 Å². The number of carbonyl (C=O) groups is 2. The topological polar surface area (TPSA) is 81.4 Å². The van der Waals surface area contributed by atoms with E-state index < -0.39 is 0 Å². The van der Waals surface area contributed by atoms with Gasteiger partial charge in [-0.25, -0.2) is 0 Å². The van der Waals surface area contributed by atoms with Crippen LogP contribution < -0.4 is 15.8 Å². The summed E-state index contributed by atoms with van der Waals surface area (Å²) in [7, 11) is 1.55. The number of ketones is 1. The first-order valence-electron chi connectivity index (χ1n) is 6.41. The molecular formula is C16H16N2O3. The van der Waals surface area contributed by atoms with Crippen LogP contribution >= 0.6 is 0 Å². The van der Waals surface area contributed by atoms with Gasteiger partial charge in [-0.15, -0.1) is 0 Å². The zero-order valence-electron chi connectivity index (χ0n) is 11.6. The van der Waals surface area contributed by atoms with Gasteiger partial charge in [-0.05, 0) is 48.5 Å². The second-order valence-electron chi connectivity index (χ2n) is 4.50. The summed E-state index contributed by atoms with van der Waals surface area (Å²) in [6.45, 7) is 0. The highest BCUT2D eigenvalue weighted by Gasteiger charge is 2.12. The largest absolute Gasteiger partial charge is 0.497 e. The maximum atomic E-state index is 12.0. The first kappa shape index (κ1) is 14.6. The number of rotatable bonds is 5. The molecule has 0 heterocycles. The Balaban J connectivity index is 1.95. The maximum absolute atomic E-state index is 12.0. The van der Waals surface area contributed by atoms with Crippen LogP contribution in [0.5, 0.6) is 5.75 Å². The number of ether oxygens (including phenoxy) is 1. The molecule has 0 unspecified atom stereocenters. The predicted molar refractivity (Wildman–Crippen MR) is 81.4 cm³/mol. The van der Waals surface area contributed by atoms with E-state index in [9.17, 15) is 9.59 Å². The van der Waals surface area contributed by atoms with E-state index in [1.165, 1.54) is 0 Å². The Labute approximate surface area is 122 Å². The molecule has 0 saturated heterocycles. The molecule has 2 aromatic rings. The molecule has 2 aromatic carbocycles. The van der Waals surface area contributed by atoms with Crippen molar-refractivity contribution in [3.05, 3.63) is 54.1 Å². The zero-order chi connectivity index (χ0) is 15.2. The van der Waals surface area contributed by atoms with E-state index in [-0.39, 0.29) is 18.1 Å². The number of carbonyl (C=O) groups excluding carboxylic acids is 2. The fourth-order valence-corrected chi connectivity index (χ4v) is 1.80. The lowest BCUT2D eigenvalue weighted by atomic mass is 10.1. The van der Waals surface area contributed by atoms with E-state index >= 15 is 0 Å². The average Bonchev–Trinajstić information content (AvgIpc) is 2.49. The Kier molecular flexibility index (Phi) is 4.56. The minimum absolute atomic E-state index is 0.212. The van der Waals surface area contributed by atoms with Crippen LogP contribution in [0, 0.1) is 0 Å². The monoisotopic (exact) mass is 284 g/mol. The molecule has 0 fully saturated rings. The number of nitrogen functional groups attached to an aromatic ring is 1. The lowest BCUT2D eigenvalue weighted by Gasteiger charge is -2.06. The van der Waals surface area contributed by atoms with Gasteiger partial charge in [0.2, 0.25) is 5.91 Å². The van der Waals surface area contributed by atoms with Crippen molar-refractivity contribution in [3.63, 3.8) is 0 Å². The summed E-state index contributed by atoms with van der Waals surface area (Å²) in [5, 5.41) is 2.65. The summed E-state index contributed by atoms with van der Waals surface area (Å²) >= 11 is 0. The maximum Gasteiger partial charge on any atom is 0.232 e. The SMILES string of the molecule is COc1ccc(C(=O)CC(=O)Nc2ccc(N)cc2)cc1. The molecule has 108 valence electrons. The fourth-order valence-electron chi connectivity index (χ4n) is 1.80. The normalized spacial score (nSPS) is 9.95. The molecule has 0 aliphatic rings. The van der Waals surface area contributed by atoms with Crippen LogP contribution in [-0.4, -0.2) is 18.8 Å². The molecular weight excluding hydrogens is 268 g/mol. The van der Waals surface area contributed by atoms with E-state index in [0.717, 1.165) is 0 Å². The molecule has 0 atom stereocenters. The molecule has 3 N–H and O–H groups in total. The highest BCUT2D eigenvalue weighted by molar-refractivity contribution is 6.11. The number of nitrogens with two attached hydrogens (primary N) is 1. The van der Waals surface area contributed by atoms with Crippen molar-refractivity contribution >= 4 is 23.1 Å². The quantitative estimate of drug-likeness (QED) is 0.502. The van der Waals surface area contributed by atoms with Crippen LogP contribution in [0.1, 0.15) is 16.8 Å². The smallest absolute Gasteiger partial charge is 0.232 e. The lowest BCUT2D eigenvalue weighted by molar-refractivity contribution is -0.115. The van der Waals surface area contributed by atoms with Gasteiger partial charge >= 0.3 is 0 Å². The number of methoxy groups -OCH3 is 1. The number of nitrogens with one attached hydrogen (secondary N) is 1. The summed E-state index contributed by atoms with van der Waals surface area (Å²) in [4.78, 5) is 23.8. The minimum Gasteiger partial charge on any atom is -0.497 e. The van der Waals surface area contributed by atoms with Crippen LogP contribution in [0.25, 0.3) is 0 Å². The Morgan fingerprint density at radius 2 is 1.67 bits per heavy atom. The number of anilines is 2. The van der Waals surface area contributed by atoms with Gasteiger partial charge in [0, 0.05) is 16.9 Å². The minimum atomic E-state index is -0.361. The number of hydrogen-bond donors (Lipinski definition) is 2. The van der Waals surface area contributed by atoms with Crippen LogP contribution in [0.2, 0.25) is 0 Å². The van der Waals surface area contributed by atoms with Crippen LogP contribution in [0.3, 0.4) is 0 Å². The Morgan fingerprint density at radius 3 is 2.24 bits per heavy atom. The summed E-state index contributed by atoms with van der Waals surface area (Å²) in [5.74, 6) is 0.0593. The van der Waals surface area contributed by atoms with E-state index in [2.05, 4.69) is 5.32 Å². The molecule has 1 amide bonds. The molecule has 0 bridgehead atoms. The highest BCUT2D eigenvalue weighted by atomic mass is 16.5. The molecule has 0 aliphatic heterocycles. The molecule has 5 nitrogen and oxygen atoms in total. The zero-order valence-corrected chi connectivity index (χ0v) is 11.6. The summed E-state index contributed by atoms with van der Waals surface area (Å²) in [5.41, 5.74) is 7.26. The molecule has 5 heteroatoms. The van der Waals surface area contributed by atoms with Crippen molar-refractivity contribution in [1.82, 2.24) is 0 Å². The average molecular weight is 284 g/mol. The molecule has 0 aliphatic carbocycles.